The highest BCUT2D eigenvalue weighted by atomic mass is 16.5. The Morgan fingerprint density at radius 3 is 2.37 bits per heavy atom. The molecule has 104 valence electrons. The van der Waals surface area contributed by atoms with Gasteiger partial charge in [-0.2, -0.15) is 0 Å². The van der Waals surface area contributed by atoms with Gasteiger partial charge in [0.1, 0.15) is 5.75 Å². The van der Waals surface area contributed by atoms with Crippen molar-refractivity contribution in [2.24, 2.45) is 17.8 Å². The lowest BCUT2D eigenvalue weighted by molar-refractivity contribution is 0.142. The molecule has 2 aliphatic rings. The van der Waals surface area contributed by atoms with Gasteiger partial charge in [0.25, 0.3) is 0 Å². The van der Waals surface area contributed by atoms with Gasteiger partial charge in [-0.1, -0.05) is 31.9 Å². The zero-order valence-electron chi connectivity index (χ0n) is 11.7. The van der Waals surface area contributed by atoms with Crippen LogP contribution in [0, 0.1) is 17.8 Å². The zero-order chi connectivity index (χ0) is 13.2. The van der Waals surface area contributed by atoms with Crippen LogP contribution in [-0.2, 0) is 0 Å². The minimum absolute atomic E-state index is 0.270. The van der Waals surface area contributed by atoms with Crippen LogP contribution < -0.4 is 4.74 Å². The van der Waals surface area contributed by atoms with Crippen molar-refractivity contribution in [3.05, 3.63) is 29.8 Å². The predicted molar refractivity (Wildman–Crippen MR) is 76.1 cm³/mol. The first-order valence-corrected chi connectivity index (χ1v) is 7.72. The summed E-state index contributed by atoms with van der Waals surface area (Å²) in [4.78, 5) is 0. The highest BCUT2D eigenvalue weighted by molar-refractivity contribution is 5.30. The van der Waals surface area contributed by atoms with E-state index in [1.807, 2.05) is 24.3 Å². The van der Waals surface area contributed by atoms with Gasteiger partial charge >= 0.3 is 0 Å². The average molecular weight is 260 g/mol. The Morgan fingerprint density at radius 2 is 1.79 bits per heavy atom. The third-order valence-electron chi connectivity index (χ3n) is 4.78. The van der Waals surface area contributed by atoms with Crippen molar-refractivity contribution in [1.29, 1.82) is 0 Å². The Bertz CT molecular complexity index is 400. The minimum Gasteiger partial charge on any atom is -0.494 e. The summed E-state index contributed by atoms with van der Waals surface area (Å²) in [5, 5.41) is 10.5. The number of hydrogen-bond donors (Lipinski definition) is 1. The maximum absolute atomic E-state index is 10.5. The SMILES string of the molecule is CCCOc1ccc(C(O)C2C3CCCCC32)cc1. The smallest absolute Gasteiger partial charge is 0.119 e. The summed E-state index contributed by atoms with van der Waals surface area (Å²) in [5.41, 5.74) is 1.06. The van der Waals surface area contributed by atoms with E-state index < -0.39 is 0 Å². The molecule has 3 rings (SSSR count). The summed E-state index contributed by atoms with van der Waals surface area (Å²) in [6.45, 7) is 2.86. The molecule has 0 heterocycles. The number of ether oxygens (including phenoxy) is 1. The van der Waals surface area contributed by atoms with E-state index >= 15 is 0 Å². The summed E-state index contributed by atoms with van der Waals surface area (Å²) in [5.74, 6) is 3.01. The standard InChI is InChI=1S/C17H24O2/c1-2-11-19-13-9-7-12(8-10-13)17(18)16-14-5-3-4-6-15(14)16/h7-10,14-18H,2-6,11H2,1H3. The second-order valence-corrected chi connectivity index (χ2v) is 6.05. The Labute approximate surface area is 115 Å². The first-order chi connectivity index (χ1) is 9.31. The summed E-state index contributed by atoms with van der Waals surface area (Å²) in [6, 6.07) is 8.03. The van der Waals surface area contributed by atoms with Crippen molar-refractivity contribution in [3.8, 4) is 5.75 Å². The Kier molecular flexibility index (Phi) is 3.79. The fourth-order valence-electron chi connectivity index (χ4n) is 3.72. The fraction of sp³-hybridized carbons (Fsp3) is 0.647. The molecule has 0 amide bonds. The van der Waals surface area contributed by atoms with Crippen LogP contribution in [0.5, 0.6) is 5.75 Å². The first-order valence-electron chi connectivity index (χ1n) is 7.72. The second-order valence-electron chi connectivity index (χ2n) is 6.05. The van der Waals surface area contributed by atoms with E-state index in [1.165, 1.54) is 25.7 Å². The van der Waals surface area contributed by atoms with Crippen LogP contribution in [0.2, 0.25) is 0 Å². The second kappa shape index (κ2) is 5.54. The Balaban J connectivity index is 1.62. The van der Waals surface area contributed by atoms with Crippen molar-refractivity contribution >= 4 is 0 Å². The van der Waals surface area contributed by atoms with Gasteiger partial charge in [0.05, 0.1) is 12.7 Å². The summed E-state index contributed by atoms with van der Waals surface area (Å²) in [7, 11) is 0. The van der Waals surface area contributed by atoms with Crippen molar-refractivity contribution in [3.63, 3.8) is 0 Å². The number of fused-ring (bicyclic) bond motifs is 1. The molecular weight excluding hydrogens is 236 g/mol. The van der Waals surface area contributed by atoms with E-state index in [0.29, 0.717) is 5.92 Å². The molecule has 2 aliphatic carbocycles. The van der Waals surface area contributed by atoms with E-state index in [9.17, 15) is 5.11 Å². The third-order valence-corrected chi connectivity index (χ3v) is 4.78. The number of rotatable bonds is 5. The zero-order valence-corrected chi connectivity index (χ0v) is 11.7. The summed E-state index contributed by atoms with van der Waals surface area (Å²) >= 11 is 0. The Morgan fingerprint density at radius 1 is 1.16 bits per heavy atom. The van der Waals surface area contributed by atoms with E-state index in [1.54, 1.807) is 0 Å². The van der Waals surface area contributed by atoms with E-state index in [2.05, 4.69) is 6.92 Å². The number of hydrogen-bond acceptors (Lipinski definition) is 2. The van der Waals surface area contributed by atoms with Gasteiger partial charge in [0.2, 0.25) is 0 Å². The number of benzene rings is 1. The van der Waals surface area contributed by atoms with Gasteiger partial charge in [0, 0.05) is 0 Å². The van der Waals surface area contributed by atoms with Gasteiger partial charge in [-0.3, -0.25) is 0 Å². The van der Waals surface area contributed by atoms with Crippen LogP contribution in [0.1, 0.15) is 50.7 Å². The molecule has 0 radical (unpaired) electrons. The minimum atomic E-state index is -0.270. The first kappa shape index (κ1) is 13.0. The van der Waals surface area contributed by atoms with Crippen molar-refractivity contribution in [2.75, 3.05) is 6.61 Å². The van der Waals surface area contributed by atoms with E-state index in [4.69, 9.17) is 4.74 Å². The van der Waals surface area contributed by atoms with Crippen molar-refractivity contribution < 1.29 is 9.84 Å². The number of aliphatic hydroxyl groups is 1. The molecule has 0 saturated heterocycles. The highest BCUT2D eigenvalue weighted by Crippen LogP contribution is 2.60. The lowest BCUT2D eigenvalue weighted by Crippen LogP contribution is -2.02. The average Bonchev–Trinajstić information content (AvgIpc) is 3.19. The normalized spacial score (nSPS) is 30.5. The molecule has 1 aromatic rings. The molecule has 0 aliphatic heterocycles. The lowest BCUT2D eigenvalue weighted by atomic mass is 10.0. The molecule has 19 heavy (non-hydrogen) atoms. The van der Waals surface area contributed by atoms with Crippen LogP contribution in [0.4, 0.5) is 0 Å². The van der Waals surface area contributed by atoms with Gasteiger partial charge in [-0.05, 0) is 54.7 Å². The molecule has 2 nitrogen and oxygen atoms in total. The molecular formula is C17H24O2. The molecule has 1 N–H and O–H groups in total. The lowest BCUT2D eigenvalue weighted by Gasteiger charge is -2.12. The van der Waals surface area contributed by atoms with Crippen LogP contribution in [0.3, 0.4) is 0 Å². The molecule has 0 aromatic heterocycles. The molecule has 3 atom stereocenters. The van der Waals surface area contributed by atoms with Gasteiger partial charge in [-0.25, -0.2) is 0 Å². The molecule has 2 heteroatoms. The van der Waals surface area contributed by atoms with Crippen LogP contribution in [-0.4, -0.2) is 11.7 Å². The van der Waals surface area contributed by atoms with E-state index in [-0.39, 0.29) is 6.10 Å². The van der Waals surface area contributed by atoms with Crippen molar-refractivity contribution in [2.45, 2.75) is 45.1 Å². The third kappa shape index (κ3) is 2.64. The fourth-order valence-corrected chi connectivity index (χ4v) is 3.72. The molecule has 3 unspecified atom stereocenters. The van der Waals surface area contributed by atoms with Gasteiger partial charge in [0.15, 0.2) is 0 Å². The van der Waals surface area contributed by atoms with Gasteiger partial charge in [-0.15, -0.1) is 0 Å². The quantitative estimate of drug-likeness (QED) is 0.868. The van der Waals surface area contributed by atoms with E-state index in [0.717, 1.165) is 36.2 Å². The molecule has 2 fully saturated rings. The topological polar surface area (TPSA) is 29.5 Å². The highest BCUT2D eigenvalue weighted by Gasteiger charge is 2.54. The van der Waals surface area contributed by atoms with Crippen molar-refractivity contribution in [1.82, 2.24) is 0 Å². The van der Waals surface area contributed by atoms with Crippen LogP contribution in [0.15, 0.2) is 24.3 Å². The Hall–Kier alpha value is -1.02. The maximum atomic E-state index is 10.5. The molecule has 2 saturated carbocycles. The van der Waals surface area contributed by atoms with Gasteiger partial charge < -0.3 is 9.84 Å². The largest absolute Gasteiger partial charge is 0.494 e. The summed E-state index contributed by atoms with van der Waals surface area (Å²) < 4.78 is 5.58. The molecule has 1 aromatic carbocycles. The predicted octanol–water partition coefficient (Wildman–Crippen LogP) is 3.95. The monoisotopic (exact) mass is 260 g/mol. The summed E-state index contributed by atoms with van der Waals surface area (Å²) in [6.07, 6.45) is 6.11. The molecule has 0 bridgehead atoms. The van der Waals surface area contributed by atoms with Crippen LogP contribution >= 0.6 is 0 Å². The molecule has 0 spiro atoms. The maximum Gasteiger partial charge on any atom is 0.119 e. The number of aliphatic hydroxyl groups excluding tert-OH is 1. The van der Waals surface area contributed by atoms with Crippen LogP contribution in [0.25, 0.3) is 0 Å².